The Morgan fingerprint density at radius 1 is 1.17 bits per heavy atom. The van der Waals surface area contributed by atoms with Gasteiger partial charge in [0.2, 0.25) is 11.8 Å². The second kappa shape index (κ2) is 13.5. The molecule has 46 heavy (non-hydrogen) atoms. The highest BCUT2D eigenvalue weighted by molar-refractivity contribution is 5.92. The lowest BCUT2D eigenvalue weighted by atomic mass is 9.94. The van der Waals surface area contributed by atoms with E-state index >= 15 is 0 Å². The van der Waals surface area contributed by atoms with Gasteiger partial charge in [-0.3, -0.25) is 14.5 Å². The van der Waals surface area contributed by atoms with E-state index in [0.29, 0.717) is 36.8 Å². The number of terminal acetylenes is 1. The molecule has 3 unspecified atom stereocenters. The van der Waals surface area contributed by atoms with Crippen molar-refractivity contribution >= 4 is 24.0 Å². The number of nitrogens with one attached hydrogen (secondary N) is 2. The van der Waals surface area contributed by atoms with Crippen molar-refractivity contribution < 1.29 is 38.1 Å². The van der Waals surface area contributed by atoms with E-state index in [2.05, 4.69) is 16.6 Å². The van der Waals surface area contributed by atoms with Gasteiger partial charge < -0.3 is 30.1 Å². The van der Waals surface area contributed by atoms with Crippen molar-refractivity contribution in [3.05, 3.63) is 35.1 Å². The van der Waals surface area contributed by atoms with E-state index in [1.54, 1.807) is 32.9 Å². The molecule has 1 aromatic carbocycles. The van der Waals surface area contributed by atoms with Gasteiger partial charge in [0.25, 0.3) is 0 Å². The predicted molar refractivity (Wildman–Crippen MR) is 165 cm³/mol. The number of aliphatic hydroxyl groups is 1. The third-order valence-corrected chi connectivity index (χ3v) is 9.53. The maximum absolute atomic E-state index is 14.3. The molecular formula is C34H45FN4O7. The molecule has 3 fully saturated rings. The molecule has 11 nitrogen and oxygen atoms in total. The van der Waals surface area contributed by atoms with Crippen LogP contribution in [0.25, 0.3) is 0 Å². The van der Waals surface area contributed by atoms with E-state index in [9.17, 15) is 28.7 Å². The van der Waals surface area contributed by atoms with Crippen LogP contribution in [0.4, 0.5) is 14.0 Å². The van der Waals surface area contributed by atoms with Gasteiger partial charge in [-0.05, 0) is 64.0 Å². The average Bonchev–Trinajstić information content (AvgIpc) is 3.30. The number of ether oxygens (including phenoxy) is 2. The molecular weight excluding hydrogens is 595 g/mol. The number of alkyl carbamates (subject to hydrolysis) is 1. The van der Waals surface area contributed by atoms with Gasteiger partial charge in [0.15, 0.2) is 0 Å². The van der Waals surface area contributed by atoms with Gasteiger partial charge in [-0.1, -0.05) is 31.4 Å². The van der Waals surface area contributed by atoms with E-state index in [1.807, 2.05) is 0 Å². The minimum Gasteiger partial charge on any atom is -0.444 e. The predicted octanol–water partition coefficient (Wildman–Crippen LogP) is 3.61. The van der Waals surface area contributed by atoms with Crippen LogP contribution in [0.15, 0.2) is 18.2 Å². The summed E-state index contributed by atoms with van der Waals surface area (Å²) in [5.74, 6) is 1.51. The highest BCUT2D eigenvalue weighted by Gasteiger charge is 2.56. The summed E-state index contributed by atoms with van der Waals surface area (Å²) in [5.41, 5.74) is -0.494. The summed E-state index contributed by atoms with van der Waals surface area (Å²) >= 11 is 0. The molecule has 1 aliphatic carbocycles. The molecule has 1 saturated carbocycles. The molecule has 0 bridgehead atoms. The number of hydrogen-bond donors (Lipinski definition) is 3. The zero-order valence-electron chi connectivity index (χ0n) is 26.9. The van der Waals surface area contributed by atoms with Crippen molar-refractivity contribution in [1.82, 2.24) is 20.4 Å². The van der Waals surface area contributed by atoms with Gasteiger partial charge in [0, 0.05) is 24.4 Å². The fourth-order valence-corrected chi connectivity index (χ4v) is 6.94. The monoisotopic (exact) mass is 640 g/mol. The fraction of sp³-hybridized carbons (Fsp3) is 0.647. The van der Waals surface area contributed by atoms with Crippen molar-refractivity contribution in [3.8, 4) is 12.3 Å². The molecule has 4 aliphatic rings. The van der Waals surface area contributed by atoms with E-state index in [1.165, 1.54) is 15.9 Å². The average molecular weight is 641 g/mol. The zero-order valence-corrected chi connectivity index (χ0v) is 26.9. The van der Waals surface area contributed by atoms with Crippen molar-refractivity contribution in [2.45, 2.75) is 115 Å². The van der Waals surface area contributed by atoms with Crippen LogP contribution < -0.4 is 10.6 Å². The number of fused-ring (bicyclic) bond motifs is 3. The molecule has 2 saturated heterocycles. The largest absolute Gasteiger partial charge is 0.444 e. The lowest BCUT2D eigenvalue weighted by Gasteiger charge is -2.30. The second-order valence-corrected chi connectivity index (χ2v) is 14.1. The van der Waals surface area contributed by atoms with E-state index in [4.69, 9.17) is 15.9 Å². The molecule has 5 rings (SSSR count). The summed E-state index contributed by atoms with van der Waals surface area (Å²) in [6.07, 6.45) is 8.20. The number of nitrogens with zero attached hydrogens (tertiary/aromatic N) is 2. The molecule has 3 aliphatic heterocycles. The first-order chi connectivity index (χ1) is 21.8. The molecule has 12 heteroatoms. The maximum atomic E-state index is 14.3. The Kier molecular flexibility index (Phi) is 9.82. The van der Waals surface area contributed by atoms with Crippen LogP contribution in [0.3, 0.4) is 0 Å². The molecule has 0 aromatic heterocycles. The molecule has 6 atom stereocenters. The molecule has 4 amide bonds. The Balaban J connectivity index is 1.36. The van der Waals surface area contributed by atoms with Crippen LogP contribution in [-0.2, 0) is 32.2 Å². The van der Waals surface area contributed by atoms with Gasteiger partial charge >= 0.3 is 12.2 Å². The number of amides is 4. The Labute approximate surface area is 269 Å². The number of carbonyl (C=O) groups excluding carboxylic acids is 4. The van der Waals surface area contributed by atoms with E-state index in [0.717, 1.165) is 19.3 Å². The van der Waals surface area contributed by atoms with Crippen LogP contribution in [-0.4, -0.2) is 81.4 Å². The number of hydrogen-bond acceptors (Lipinski definition) is 7. The van der Waals surface area contributed by atoms with Crippen LogP contribution in [0.2, 0.25) is 0 Å². The number of carbonyl (C=O) groups is 4. The zero-order chi connectivity index (χ0) is 33.2. The summed E-state index contributed by atoms with van der Waals surface area (Å²) in [5, 5.41) is 16.0. The summed E-state index contributed by atoms with van der Waals surface area (Å²) in [4.78, 5) is 56.7. The molecule has 250 valence electrons. The molecule has 3 N–H and O–H groups in total. The third kappa shape index (κ3) is 7.57. The summed E-state index contributed by atoms with van der Waals surface area (Å²) in [6.45, 7) is 5.08. The Morgan fingerprint density at radius 2 is 1.93 bits per heavy atom. The molecule has 1 aromatic rings. The summed E-state index contributed by atoms with van der Waals surface area (Å²) in [7, 11) is 0. The molecule has 0 spiro atoms. The minimum absolute atomic E-state index is 0.00487. The number of aliphatic hydroxyl groups excluding tert-OH is 1. The van der Waals surface area contributed by atoms with E-state index < -0.39 is 59.1 Å². The van der Waals surface area contributed by atoms with Crippen LogP contribution in [0.1, 0.15) is 83.3 Å². The third-order valence-electron chi connectivity index (χ3n) is 9.53. The smallest absolute Gasteiger partial charge is 0.410 e. The first-order valence-corrected chi connectivity index (χ1v) is 16.2. The van der Waals surface area contributed by atoms with Crippen molar-refractivity contribution in [1.29, 1.82) is 0 Å². The summed E-state index contributed by atoms with van der Waals surface area (Å²) < 4.78 is 25.6. The van der Waals surface area contributed by atoms with Gasteiger partial charge in [-0.25, -0.2) is 14.0 Å². The SMILES string of the molecule is C#CC1CCCCCC(NC(=O)OC(C)(C)C)C(=O)N2C[C@H](OC(=O)N3Cc4cccc(F)c4C3)CC2C(=O)N[C@]2(CO)C[C@H]2C1. The van der Waals surface area contributed by atoms with E-state index in [-0.39, 0.29) is 44.5 Å². The van der Waals surface area contributed by atoms with Crippen molar-refractivity contribution in [2.24, 2.45) is 11.8 Å². The topological polar surface area (TPSA) is 138 Å². The van der Waals surface area contributed by atoms with Gasteiger partial charge in [0.1, 0.15) is 29.6 Å². The van der Waals surface area contributed by atoms with Crippen LogP contribution >= 0.6 is 0 Å². The first kappa shape index (κ1) is 33.5. The summed E-state index contributed by atoms with van der Waals surface area (Å²) in [6, 6.07) is 2.70. The number of halogens is 1. The minimum atomic E-state index is -1.01. The lowest BCUT2D eigenvalue weighted by molar-refractivity contribution is -0.140. The fourth-order valence-electron chi connectivity index (χ4n) is 6.94. The molecule has 3 heterocycles. The quantitative estimate of drug-likeness (QED) is 0.430. The lowest BCUT2D eigenvalue weighted by Crippen LogP contribution is -2.56. The van der Waals surface area contributed by atoms with Crippen LogP contribution in [0.5, 0.6) is 0 Å². The molecule has 0 radical (unpaired) electrons. The Hall–Kier alpha value is -3.85. The maximum Gasteiger partial charge on any atom is 0.410 e. The van der Waals surface area contributed by atoms with Crippen LogP contribution in [0, 0.1) is 30.0 Å². The van der Waals surface area contributed by atoms with Gasteiger partial charge in [-0.15, -0.1) is 12.3 Å². The van der Waals surface area contributed by atoms with Gasteiger partial charge in [0.05, 0.1) is 25.2 Å². The first-order valence-electron chi connectivity index (χ1n) is 16.2. The highest BCUT2D eigenvalue weighted by atomic mass is 19.1. The second-order valence-electron chi connectivity index (χ2n) is 14.1. The van der Waals surface area contributed by atoms with Crippen molar-refractivity contribution in [3.63, 3.8) is 0 Å². The Morgan fingerprint density at radius 3 is 2.63 bits per heavy atom. The van der Waals surface area contributed by atoms with Gasteiger partial charge in [-0.2, -0.15) is 0 Å². The number of benzene rings is 1. The number of rotatable bonds is 3. The highest BCUT2D eigenvalue weighted by Crippen LogP contribution is 2.48. The van der Waals surface area contributed by atoms with Crippen molar-refractivity contribution in [2.75, 3.05) is 13.2 Å². The Bertz CT molecular complexity index is 1390. The normalized spacial score (nSPS) is 30.0. The standard InChI is InChI=1S/C34H45FN4O7/c1-5-21-10-7-6-8-13-27(36-31(43)46-33(2,3)4)30(42)39-18-24(15-28(39)29(41)37-34(20-40)16-23(34)14-21)45-32(44)38-17-22-11-9-12-26(35)25(22)19-38/h1,9,11-12,21,23-24,27-28,40H,6-8,10,13-20H2,2-4H3,(H,36,43)(H,37,41)/t21?,23-,24-,27?,28?,34+/m1/s1.